The summed E-state index contributed by atoms with van der Waals surface area (Å²) in [5, 5.41) is 4.42. The standard InChI is InChI=1S/C25H22O3/c1-17(19-10-11-21-15-23(27-2)13-12-20(21)14-19)25(26)28-16-22-8-5-7-18-6-3-4-9-24(18)22/h3-15,17H,16H2,1-2H3/t17-/m0/s1. The lowest BCUT2D eigenvalue weighted by molar-refractivity contribution is -0.146. The van der Waals surface area contributed by atoms with Crippen LogP contribution in [0.15, 0.2) is 78.9 Å². The van der Waals surface area contributed by atoms with Crippen molar-refractivity contribution in [3.8, 4) is 5.75 Å². The minimum atomic E-state index is -0.332. The average Bonchev–Trinajstić information content (AvgIpc) is 2.76. The maximum absolute atomic E-state index is 12.6. The van der Waals surface area contributed by atoms with Gasteiger partial charge in [0.15, 0.2) is 0 Å². The second kappa shape index (κ2) is 7.73. The molecule has 0 radical (unpaired) electrons. The zero-order valence-corrected chi connectivity index (χ0v) is 16.0. The Balaban J connectivity index is 1.50. The number of methoxy groups -OCH3 is 1. The predicted molar refractivity (Wildman–Crippen MR) is 113 cm³/mol. The van der Waals surface area contributed by atoms with E-state index in [0.29, 0.717) is 0 Å². The van der Waals surface area contributed by atoms with Crippen molar-refractivity contribution in [2.24, 2.45) is 0 Å². The van der Waals surface area contributed by atoms with Crippen LogP contribution >= 0.6 is 0 Å². The normalized spacial score (nSPS) is 12.1. The van der Waals surface area contributed by atoms with Crippen LogP contribution in [-0.4, -0.2) is 13.1 Å². The van der Waals surface area contributed by atoms with E-state index < -0.39 is 0 Å². The average molecular weight is 370 g/mol. The summed E-state index contributed by atoms with van der Waals surface area (Å²) in [7, 11) is 1.66. The molecule has 0 aliphatic heterocycles. The maximum atomic E-state index is 12.6. The van der Waals surface area contributed by atoms with Gasteiger partial charge in [-0.15, -0.1) is 0 Å². The molecule has 0 N–H and O–H groups in total. The van der Waals surface area contributed by atoms with Gasteiger partial charge in [-0.2, -0.15) is 0 Å². The smallest absolute Gasteiger partial charge is 0.313 e. The largest absolute Gasteiger partial charge is 0.497 e. The Hall–Kier alpha value is -3.33. The number of rotatable bonds is 5. The van der Waals surface area contributed by atoms with Gasteiger partial charge in [0.05, 0.1) is 13.0 Å². The first-order valence-electron chi connectivity index (χ1n) is 9.36. The third kappa shape index (κ3) is 3.56. The van der Waals surface area contributed by atoms with E-state index in [0.717, 1.165) is 38.4 Å². The van der Waals surface area contributed by atoms with E-state index in [9.17, 15) is 4.79 Å². The first-order valence-corrected chi connectivity index (χ1v) is 9.36. The zero-order chi connectivity index (χ0) is 19.5. The SMILES string of the molecule is COc1ccc2cc([C@H](C)C(=O)OCc3cccc4ccccc34)ccc2c1. The molecule has 0 unspecified atom stereocenters. The molecule has 0 saturated heterocycles. The molecule has 4 rings (SSSR count). The molecule has 0 spiro atoms. The number of hydrogen-bond donors (Lipinski definition) is 0. The Labute approximate surface area is 164 Å². The van der Waals surface area contributed by atoms with Crippen molar-refractivity contribution in [1.82, 2.24) is 0 Å². The summed E-state index contributed by atoms with van der Waals surface area (Å²) in [5.41, 5.74) is 1.96. The summed E-state index contributed by atoms with van der Waals surface area (Å²) in [6.07, 6.45) is 0. The highest BCUT2D eigenvalue weighted by atomic mass is 16.5. The van der Waals surface area contributed by atoms with Crippen molar-refractivity contribution in [2.75, 3.05) is 7.11 Å². The lowest BCUT2D eigenvalue weighted by Crippen LogP contribution is -2.13. The summed E-state index contributed by atoms with van der Waals surface area (Å²) in [6, 6.07) is 26.1. The Morgan fingerprint density at radius 1 is 0.857 bits per heavy atom. The third-order valence-corrected chi connectivity index (χ3v) is 5.17. The highest BCUT2D eigenvalue weighted by Gasteiger charge is 2.17. The molecule has 0 aliphatic carbocycles. The van der Waals surface area contributed by atoms with Gasteiger partial charge in [0.1, 0.15) is 12.4 Å². The molecule has 0 aliphatic rings. The number of carbonyl (C=O) groups excluding carboxylic acids is 1. The van der Waals surface area contributed by atoms with E-state index in [-0.39, 0.29) is 18.5 Å². The van der Waals surface area contributed by atoms with E-state index in [2.05, 4.69) is 18.2 Å². The fourth-order valence-electron chi connectivity index (χ4n) is 3.47. The summed E-state index contributed by atoms with van der Waals surface area (Å²) in [4.78, 5) is 12.6. The summed E-state index contributed by atoms with van der Waals surface area (Å²) < 4.78 is 10.9. The van der Waals surface area contributed by atoms with E-state index >= 15 is 0 Å². The molecule has 0 amide bonds. The molecule has 3 heteroatoms. The summed E-state index contributed by atoms with van der Waals surface area (Å²) in [5.74, 6) is 0.269. The topological polar surface area (TPSA) is 35.5 Å². The van der Waals surface area contributed by atoms with Crippen molar-refractivity contribution in [3.05, 3.63) is 90.0 Å². The molecule has 0 fully saturated rings. The van der Waals surface area contributed by atoms with Gasteiger partial charge in [-0.1, -0.05) is 66.7 Å². The first-order chi connectivity index (χ1) is 13.7. The van der Waals surface area contributed by atoms with Crippen LogP contribution in [0.5, 0.6) is 5.75 Å². The van der Waals surface area contributed by atoms with Crippen LogP contribution in [0.2, 0.25) is 0 Å². The van der Waals surface area contributed by atoms with Crippen LogP contribution in [0.4, 0.5) is 0 Å². The molecule has 0 heterocycles. The van der Waals surface area contributed by atoms with Crippen molar-refractivity contribution in [2.45, 2.75) is 19.4 Å². The fourth-order valence-corrected chi connectivity index (χ4v) is 3.47. The number of benzene rings is 4. The number of carbonyl (C=O) groups is 1. The van der Waals surface area contributed by atoms with Gasteiger partial charge in [0.2, 0.25) is 0 Å². The van der Waals surface area contributed by atoms with Gasteiger partial charge in [-0.05, 0) is 51.7 Å². The third-order valence-electron chi connectivity index (χ3n) is 5.17. The number of hydrogen-bond acceptors (Lipinski definition) is 3. The van der Waals surface area contributed by atoms with Gasteiger partial charge in [-0.25, -0.2) is 0 Å². The molecular weight excluding hydrogens is 348 g/mol. The molecule has 140 valence electrons. The molecule has 0 aromatic heterocycles. The number of ether oxygens (including phenoxy) is 2. The molecule has 0 saturated carbocycles. The Kier molecular flexibility index (Phi) is 4.98. The maximum Gasteiger partial charge on any atom is 0.313 e. The number of esters is 1. The quantitative estimate of drug-likeness (QED) is 0.414. The molecule has 1 atom stereocenters. The first kappa shape index (κ1) is 18.1. The molecule has 4 aromatic rings. The fraction of sp³-hybridized carbons (Fsp3) is 0.160. The highest BCUT2D eigenvalue weighted by Crippen LogP contribution is 2.26. The second-order valence-corrected chi connectivity index (χ2v) is 6.94. The van der Waals surface area contributed by atoms with Crippen molar-refractivity contribution in [1.29, 1.82) is 0 Å². The molecule has 3 nitrogen and oxygen atoms in total. The van der Waals surface area contributed by atoms with Crippen molar-refractivity contribution >= 4 is 27.5 Å². The van der Waals surface area contributed by atoms with Gasteiger partial charge in [0, 0.05) is 0 Å². The Morgan fingerprint density at radius 2 is 1.61 bits per heavy atom. The van der Waals surface area contributed by atoms with Crippen LogP contribution in [-0.2, 0) is 16.1 Å². The van der Waals surface area contributed by atoms with Crippen molar-refractivity contribution in [3.63, 3.8) is 0 Å². The predicted octanol–water partition coefficient (Wildman–Crippen LogP) is 5.85. The van der Waals surface area contributed by atoms with E-state index in [1.165, 1.54) is 0 Å². The Bertz CT molecular complexity index is 1140. The lowest BCUT2D eigenvalue weighted by atomic mass is 9.98. The van der Waals surface area contributed by atoms with Crippen LogP contribution in [0, 0.1) is 0 Å². The van der Waals surface area contributed by atoms with Crippen molar-refractivity contribution < 1.29 is 14.3 Å². The zero-order valence-electron chi connectivity index (χ0n) is 16.0. The lowest BCUT2D eigenvalue weighted by Gasteiger charge is -2.14. The second-order valence-electron chi connectivity index (χ2n) is 6.94. The van der Waals surface area contributed by atoms with Crippen LogP contribution < -0.4 is 4.74 Å². The summed E-state index contributed by atoms with van der Waals surface area (Å²) in [6.45, 7) is 2.16. The molecule has 4 aromatic carbocycles. The summed E-state index contributed by atoms with van der Waals surface area (Å²) >= 11 is 0. The van der Waals surface area contributed by atoms with E-state index in [1.54, 1.807) is 7.11 Å². The molecular formula is C25H22O3. The monoisotopic (exact) mass is 370 g/mol. The van der Waals surface area contributed by atoms with E-state index in [4.69, 9.17) is 9.47 Å². The minimum absolute atomic E-state index is 0.221. The van der Waals surface area contributed by atoms with Crippen LogP contribution in [0.1, 0.15) is 24.0 Å². The number of fused-ring (bicyclic) bond motifs is 2. The van der Waals surface area contributed by atoms with Gasteiger partial charge >= 0.3 is 5.97 Å². The molecule has 28 heavy (non-hydrogen) atoms. The van der Waals surface area contributed by atoms with Gasteiger partial charge in [-0.3, -0.25) is 4.79 Å². The minimum Gasteiger partial charge on any atom is -0.497 e. The van der Waals surface area contributed by atoms with Gasteiger partial charge in [0.25, 0.3) is 0 Å². The van der Waals surface area contributed by atoms with E-state index in [1.807, 2.05) is 67.6 Å². The van der Waals surface area contributed by atoms with Crippen LogP contribution in [0.3, 0.4) is 0 Å². The van der Waals surface area contributed by atoms with Gasteiger partial charge < -0.3 is 9.47 Å². The Morgan fingerprint density at radius 3 is 2.46 bits per heavy atom. The molecule has 0 bridgehead atoms. The highest BCUT2D eigenvalue weighted by molar-refractivity contribution is 5.87. The van der Waals surface area contributed by atoms with Crippen LogP contribution in [0.25, 0.3) is 21.5 Å².